The number of amides is 1. The second-order valence-electron chi connectivity index (χ2n) is 5.48. The monoisotopic (exact) mass is 254 g/mol. The van der Waals surface area contributed by atoms with Crippen LogP contribution in [0.4, 0.5) is 0 Å². The van der Waals surface area contributed by atoms with E-state index in [1.165, 1.54) is 12.8 Å². The molecule has 104 valence electrons. The number of carbonyl (C=O) groups excluding carboxylic acids is 1. The van der Waals surface area contributed by atoms with Crippen LogP contribution in [0.3, 0.4) is 0 Å². The smallest absolute Gasteiger partial charge is 0.225 e. The average Bonchev–Trinajstić information content (AvgIpc) is 2.90. The summed E-state index contributed by atoms with van der Waals surface area (Å²) < 4.78 is 5.55. The molecule has 0 aromatic carbocycles. The zero-order chi connectivity index (χ0) is 12.8. The van der Waals surface area contributed by atoms with Crippen LogP contribution in [-0.4, -0.2) is 49.7 Å². The molecule has 0 bridgehead atoms. The van der Waals surface area contributed by atoms with Crippen molar-refractivity contribution in [3.63, 3.8) is 0 Å². The lowest BCUT2D eigenvalue weighted by Crippen LogP contribution is -2.41. The van der Waals surface area contributed by atoms with Gasteiger partial charge in [-0.25, -0.2) is 0 Å². The number of hydrogen-bond acceptors (Lipinski definition) is 3. The number of hydrogen-bond donors (Lipinski definition) is 1. The maximum Gasteiger partial charge on any atom is 0.225 e. The van der Waals surface area contributed by atoms with Crippen LogP contribution < -0.4 is 5.32 Å². The van der Waals surface area contributed by atoms with Gasteiger partial charge >= 0.3 is 0 Å². The third kappa shape index (κ3) is 3.95. The van der Waals surface area contributed by atoms with Gasteiger partial charge < -0.3 is 15.0 Å². The van der Waals surface area contributed by atoms with Gasteiger partial charge in [0.1, 0.15) is 0 Å². The Hall–Kier alpha value is -0.610. The van der Waals surface area contributed by atoms with Crippen molar-refractivity contribution in [2.45, 2.75) is 45.1 Å². The third-order valence-corrected chi connectivity index (χ3v) is 4.04. The van der Waals surface area contributed by atoms with Crippen LogP contribution in [0.15, 0.2) is 0 Å². The van der Waals surface area contributed by atoms with E-state index in [1.807, 2.05) is 4.90 Å². The van der Waals surface area contributed by atoms with Gasteiger partial charge in [-0.3, -0.25) is 4.79 Å². The summed E-state index contributed by atoms with van der Waals surface area (Å²) in [4.78, 5) is 14.2. The second kappa shape index (κ2) is 7.10. The van der Waals surface area contributed by atoms with Gasteiger partial charge in [0, 0.05) is 19.7 Å². The minimum atomic E-state index is 0.177. The SMILES string of the molecule is CCN(CC1CCCNC1)C(=O)CC1CCCO1. The molecule has 0 radical (unpaired) electrons. The number of rotatable bonds is 5. The van der Waals surface area contributed by atoms with Gasteiger partial charge in [-0.15, -0.1) is 0 Å². The van der Waals surface area contributed by atoms with Gasteiger partial charge in [-0.1, -0.05) is 0 Å². The van der Waals surface area contributed by atoms with Crippen LogP contribution >= 0.6 is 0 Å². The summed E-state index contributed by atoms with van der Waals surface area (Å²) in [6, 6.07) is 0. The highest BCUT2D eigenvalue weighted by atomic mass is 16.5. The van der Waals surface area contributed by atoms with Gasteiger partial charge in [0.15, 0.2) is 0 Å². The Kier molecular flexibility index (Phi) is 5.45. The van der Waals surface area contributed by atoms with E-state index in [0.717, 1.165) is 45.6 Å². The molecule has 1 amide bonds. The molecular weight excluding hydrogens is 228 g/mol. The minimum absolute atomic E-state index is 0.177. The third-order valence-electron chi connectivity index (χ3n) is 4.04. The highest BCUT2D eigenvalue weighted by molar-refractivity contribution is 5.76. The quantitative estimate of drug-likeness (QED) is 0.806. The maximum absolute atomic E-state index is 12.2. The van der Waals surface area contributed by atoms with Crippen molar-refractivity contribution in [2.24, 2.45) is 5.92 Å². The Balaban J connectivity index is 1.76. The van der Waals surface area contributed by atoms with Crippen molar-refractivity contribution in [3.05, 3.63) is 0 Å². The molecule has 4 nitrogen and oxygen atoms in total. The van der Waals surface area contributed by atoms with Crippen molar-refractivity contribution in [1.29, 1.82) is 0 Å². The summed E-state index contributed by atoms with van der Waals surface area (Å²) >= 11 is 0. The predicted molar refractivity (Wildman–Crippen MR) is 71.4 cm³/mol. The van der Waals surface area contributed by atoms with Gasteiger partial charge in [0.2, 0.25) is 5.91 Å². The lowest BCUT2D eigenvalue weighted by atomic mass is 9.99. The lowest BCUT2D eigenvalue weighted by Gasteiger charge is -2.30. The molecule has 0 aromatic heterocycles. The zero-order valence-electron chi connectivity index (χ0n) is 11.5. The highest BCUT2D eigenvalue weighted by Crippen LogP contribution is 2.18. The van der Waals surface area contributed by atoms with Crippen molar-refractivity contribution in [2.75, 3.05) is 32.8 Å². The van der Waals surface area contributed by atoms with Crippen LogP contribution in [0.2, 0.25) is 0 Å². The molecule has 2 rings (SSSR count). The normalized spacial score (nSPS) is 28.3. The van der Waals surface area contributed by atoms with Crippen molar-refractivity contribution >= 4 is 5.91 Å². The molecule has 18 heavy (non-hydrogen) atoms. The number of carbonyl (C=O) groups is 1. The molecule has 2 saturated heterocycles. The first kappa shape index (κ1) is 13.8. The lowest BCUT2D eigenvalue weighted by molar-refractivity contribution is -0.134. The maximum atomic E-state index is 12.2. The van der Waals surface area contributed by atoms with Crippen molar-refractivity contribution < 1.29 is 9.53 Å². The second-order valence-corrected chi connectivity index (χ2v) is 5.48. The van der Waals surface area contributed by atoms with Crippen LogP contribution in [0, 0.1) is 5.92 Å². The van der Waals surface area contributed by atoms with Gasteiger partial charge in [0.05, 0.1) is 12.5 Å². The average molecular weight is 254 g/mol. The topological polar surface area (TPSA) is 41.6 Å². The first-order valence-corrected chi connectivity index (χ1v) is 7.39. The molecule has 2 unspecified atom stereocenters. The summed E-state index contributed by atoms with van der Waals surface area (Å²) in [5.74, 6) is 0.905. The Morgan fingerprint density at radius 2 is 2.28 bits per heavy atom. The van der Waals surface area contributed by atoms with Crippen LogP contribution in [-0.2, 0) is 9.53 Å². The summed E-state index contributed by atoms with van der Waals surface area (Å²) in [6.45, 7) is 6.83. The summed E-state index contributed by atoms with van der Waals surface area (Å²) in [6.07, 6.45) is 5.40. The van der Waals surface area contributed by atoms with E-state index in [4.69, 9.17) is 4.74 Å². The first-order valence-electron chi connectivity index (χ1n) is 7.39. The first-order chi connectivity index (χ1) is 8.79. The van der Waals surface area contributed by atoms with Crippen LogP contribution in [0.5, 0.6) is 0 Å². The highest BCUT2D eigenvalue weighted by Gasteiger charge is 2.24. The fourth-order valence-corrected chi connectivity index (χ4v) is 2.93. The molecule has 1 N–H and O–H groups in total. The summed E-state index contributed by atoms with van der Waals surface area (Å²) in [5.41, 5.74) is 0. The molecule has 0 aromatic rings. The van der Waals surface area contributed by atoms with Gasteiger partial charge in [0.25, 0.3) is 0 Å². The molecular formula is C14H26N2O2. The zero-order valence-corrected chi connectivity index (χ0v) is 11.5. The predicted octanol–water partition coefficient (Wildman–Crippen LogP) is 1.40. The van der Waals surface area contributed by atoms with E-state index >= 15 is 0 Å². The van der Waals surface area contributed by atoms with E-state index in [9.17, 15) is 4.79 Å². The Morgan fingerprint density at radius 1 is 1.39 bits per heavy atom. The van der Waals surface area contributed by atoms with Gasteiger partial charge in [-0.05, 0) is 51.6 Å². The number of nitrogens with zero attached hydrogens (tertiary/aromatic N) is 1. The molecule has 0 spiro atoms. The molecule has 2 heterocycles. The van der Waals surface area contributed by atoms with Crippen LogP contribution in [0.25, 0.3) is 0 Å². The standard InChI is InChI=1S/C14H26N2O2/c1-2-16(11-12-5-3-7-15-10-12)14(17)9-13-6-4-8-18-13/h12-13,15H,2-11H2,1H3. The number of nitrogens with one attached hydrogen (secondary N) is 1. The van der Waals surface area contributed by atoms with E-state index in [-0.39, 0.29) is 12.0 Å². The Morgan fingerprint density at radius 3 is 2.89 bits per heavy atom. The largest absolute Gasteiger partial charge is 0.378 e. The fourth-order valence-electron chi connectivity index (χ4n) is 2.93. The Labute approximate surface area is 110 Å². The van der Waals surface area contributed by atoms with E-state index < -0.39 is 0 Å². The van der Waals surface area contributed by atoms with E-state index in [2.05, 4.69) is 12.2 Å². The molecule has 2 fully saturated rings. The molecule has 2 aliphatic heterocycles. The van der Waals surface area contributed by atoms with E-state index in [1.54, 1.807) is 0 Å². The summed E-state index contributed by atoms with van der Waals surface area (Å²) in [7, 11) is 0. The van der Waals surface area contributed by atoms with E-state index in [0.29, 0.717) is 12.3 Å². The summed E-state index contributed by atoms with van der Waals surface area (Å²) in [5, 5.41) is 3.41. The molecule has 0 saturated carbocycles. The fraction of sp³-hybridized carbons (Fsp3) is 0.929. The molecule has 0 aliphatic carbocycles. The van der Waals surface area contributed by atoms with Gasteiger partial charge in [-0.2, -0.15) is 0 Å². The van der Waals surface area contributed by atoms with Crippen molar-refractivity contribution in [3.8, 4) is 0 Å². The number of piperidine rings is 1. The molecule has 2 aliphatic rings. The molecule has 4 heteroatoms. The minimum Gasteiger partial charge on any atom is -0.378 e. The van der Waals surface area contributed by atoms with Crippen molar-refractivity contribution in [1.82, 2.24) is 10.2 Å². The molecule has 2 atom stereocenters. The Bertz CT molecular complexity index is 259. The number of ether oxygens (including phenoxy) is 1. The van der Waals surface area contributed by atoms with Crippen LogP contribution in [0.1, 0.15) is 39.0 Å².